The number of carbonyl (C=O) groups excluding carboxylic acids is 2. The number of aliphatic hydroxyl groups excluding tert-OH is 2. The summed E-state index contributed by atoms with van der Waals surface area (Å²) in [6, 6.07) is 11.9. The Morgan fingerprint density at radius 2 is 1.76 bits per heavy atom. The molecule has 0 spiro atoms. The molecule has 1 fully saturated rings. The van der Waals surface area contributed by atoms with E-state index >= 15 is 0 Å². The molecule has 0 bridgehead atoms. The van der Waals surface area contributed by atoms with Gasteiger partial charge in [0, 0.05) is 32.2 Å². The second-order valence-corrected chi connectivity index (χ2v) is 9.83. The van der Waals surface area contributed by atoms with E-state index in [-0.39, 0.29) is 30.8 Å². The van der Waals surface area contributed by atoms with Crippen LogP contribution in [0.25, 0.3) is 0 Å². The number of ether oxygens (including phenoxy) is 1. The number of nitrogens with one attached hydrogen (secondary N) is 2. The Kier molecular flexibility index (Phi) is 15.4. The molecule has 1 saturated heterocycles. The lowest BCUT2D eigenvalue weighted by Crippen LogP contribution is -2.30. The first kappa shape index (κ1) is 33.7. The number of aliphatic hydroxyl groups is 2. The number of aliphatic carboxylic acids is 1. The number of imide groups is 1. The molecule has 11 nitrogen and oxygen atoms in total. The van der Waals surface area contributed by atoms with Gasteiger partial charge in [0.1, 0.15) is 5.75 Å². The number of urea groups is 1. The van der Waals surface area contributed by atoms with Crippen molar-refractivity contribution in [1.82, 2.24) is 10.6 Å². The Morgan fingerprint density at radius 1 is 1.05 bits per heavy atom. The normalized spacial score (nSPS) is 13.5. The maximum Gasteiger partial charge on any atom is 0.329 e. The molecule has 0 aromatic heterocycles. The van der Waals surface area contributed by atoms with E-state index in [0.29, 0.717) is 30.0 Å². The van der Waals surface area contributed by atoms with Crippen LogP contribution < -0.4 is 15.5 Å². The van der Waals surface area contributed by atoms with Crippen molar-refractivity contribution in [2.75, 3.05) is 37.7 Å². The van der Waals surface area contributed by atoms with Crippen LogP contribution in [0.5, 0.6) is 5.75 Å². The summed E-state index contributed by atoms with van der Waals surface area (Å²) in [4.78, 5) is 33.9. The number of benzene rings is 2. The minimum Gasteiger partial charge on any atom is -0.508 e. The SMILES string of the molecule is CC(=O)O.O=C1CNC(=O)N1c1cccc(CCCOCCCCCCCNC[C@H](O)c2ccc(O)c(CO)c2)c1. The first-order valence-corrected chi connectivity index (χ1v) is 14.0. The van der Waals surface area contributed by atoms with Gasteiger partial charge in [-0.1, -0.05) is 37.5 Å². The Hall–Kier alpha value is -3.51. The average Bonchev–Trinajstić information content (AvgIpc) is 3.28. The molecule has 2 aromatic carbocycles. The van der Waals surface area contributed by atoms with Gasteiger partial charge >= 0.3 is 6.03 Å². The molecule has 0 saturated carbocycles. The van der Waals surface area contributed by atoms with Gasteiger partial charge in [0.05, 0.1) is 24.9 Å². The van der Waals surface area contributed by atoms with Crippen molar-refractivity contribution in [3.63, 3.8) is 0 Å². The first-order chi connectivity index (χ1) is 19.7. The molecule has 41 heavy (non-hydrogen) atoms. The highest BCUT2D eigenvalue weighted by Gasteiger charge is 2.29. The summed E-state index contributed by atoms with van der Waals surface area (Å²) in [5, 5.41) is 42.3. The van der Waals surface area contributed by atoms with E-state index in [1.807, 2.05) is 18.2 Å². The zero-order valence-corrected chi connectivity index (χ0v) is 23.7. The fourth-order valence-electron chi connectivity index (χ4n) is 4.30. The Balaban J connectivity index is 0.00000138. The van der Waals surface area contributed by atoms with Crippen molar-refractivity contribution in [2.45, 2.75) is 64.6 Å². The first-order valence-electron chi connectivity index (χ1n) is 14.0. The van der Waals surface area contributed by atoms with Crippen molar-refractivity contribution in [3.05, 3.63) is 59.2 Å². The molecular formula is C30H43N3O8. The maximum absolute atomic E-state index is 11.9. The molecule has 1 atom stereocenters. The lowest BCUT2D eigenvalue weighted by atomic mass is 10.1. The number of nitrogens with zero attached hydrogens (tertiary/aromatic N) is 1. The summed E-state index contributed by atoms with van der Waals surface area (Å²) >= 11 is 0. The number of anilines is 1. The van der Waals surface area contributed by atoms with E-state index in [0.717, 1.165) is 70.6 Å². The van der Waals surface area contributed by atoms with Crippen molar-refractivity contribution < 1.29 is 39.5 Å². The highest BCUT2D eigenvalue weighted by molar-refractivity contribution is 6.19. The predicted molar refractivity (Wildman–Crippen MR) is 155 cm³/mol. The Bertz CT molecular complexity index is 1090. The molecule has 0 unspecified atom stereocenters. The zero-order chi connectivity index (χ0) is 30.0. The lowest BCUT2D eigenvalue weighted by Gasteiger charge is -2.14. The van der Waals surface area contributed by atoms with Gasteiger partial charge in [-0.05, 0) is 67.6 Å². The van der Waals surface area contributed by atoms with Crippen molar-refractivity contribution in [3.8, 4) is 5.75 Å². The predicted octanol–water partition coefficient (Wildman–Crippen LogP) is 3.25. The highest BCUT2D eigenvalue weighted by Crippen LogP contribution is 2.22. The largest absolute Gasteiger partial charge is 0.508 e. The average molecular weight is 574 g/mol. The van der Waals surface area contributed by atoms with E-state index < -0.39 is 12.1 Å². The minimum atomic E-state index is -0.833. The van der Waals surface area contributed by atoms with Crippen LogP contribution in [0.1, 0.15) is 68.2 Å². The molecule has 2 aromatic rings. The second kappa shape index (κ2) is 18.8. The molecule has 3 amide bonds. The summed E-state index contributed by atoms with van der Waals surface area (Å²) in [6.07, 6.45) is 6.47. The van der Waals surface area contributed by atoms with Gasteiger partial charge in [-0.3, -0.25) is 9.59 Å². The summed E-state index contributed by atoms with van der Waals surface area (Å²) in [5.41, 5.74) is 2.78. The topological polar surface area (TPSA) is 169 Å². The number of hydrogen-bond acceptors (Lipinski definition) is 8. The van der Waals surface area contributed by atoms with Gasteiger partial charge in [0.15, 0.2) is 0 Å². The van der Waals surface area contributed by atoms with Crippen LogP contribution in [0.15, 0.2) is 42.5 Å². The van der Waals surface area contributed by atoms with Crippen LogP contribution in [0.4, 0.5) is 10.5 Å². The standard InChI is InChI=1S/C28H39N3O6.C2H4O2/c32-20-23-17-22(11-12-25(23)33)26(34)18-29-13-4-2-1-3-5-14-37-15-7-9-21-8-6-10-24(16-21)31-27(35)19-30-28(31)36;1-2(3)4/h6,8,10-12,16-17,26,29,32-34H,1-5,7,9,13-15,18-20H2,(H,30,36);1H3,(H,3,4)/t26-;/m0./s1. The summed E-state index contributed by atoms with van der Waals surface area (Å²) in [6.45, 7) is 3.56. The molecular weight excluding hydrogens is 530 g/mol. The fraction of sp³-hybridized carbons (Fsp3) is 0.500. The van der Waals surface area contributed by atoms with Crippen molar-refractivity contribution >= 4 is 23.6 Å². The summed E-state index contributed by atoms with van der Waals surface area (Å²) in [5.74, 6) is -1.03. The number of rotatable bonds is 17. The van der Waals surface area contributed by atoms with E-state index in [9.17, 15) is 24.9 Å². The number of carboxylic acid groups (broad SMARTS) is 1. The molecule has 6 N–H and O–H groups in total. The van der Waals surface area contributed by atoms with Crippen molar-refractivity contribution in [1.29, 1.82) is 0 Å². The number of amides is 3. The molecule has 1 aliphatic heterocycles. The van der Waals surface area contributed by atoms with E-state index in [2.05, 4.69) is 10.6 Å². The number of carbonyl (C=O) groups is 3. The zero-order valence-electron chi connectivity index (χ0n) is 23.7. The van der Waals surface area contributed by atoms with E-state index in [1.54, 1.807) is 18.2 Å². The highest BCUT2D eigenvalue weighted by atomic mass is 16.5. The van der Waals surface area contributed by atoms with Crippen molar-refractivity contribution in [2.24, 2.45) is 0 Å². The van der Waals surface area contributed by atoms with Gasteiger partial charge in [-0.2, -0.15) is 0 Å². The van der Waals surface area contributed by atoms with Crippen LogP contribution in [-0.2, 0) is 27.4 Å². The molecule has 1 heterocycles. The molecule has 0 aliphatic carbocycles. The number of aryl methyl sites for hydroxylation is 1. The van der Waals surface area contributed by atoms with Gasteiger partial charge in [-0.15, -0.1) is 0 Å². The van der Waals surface area contributed by atoms with E-state index in [1.165, 1.54) is 11.0 Å². The summed E-state index contributed by atoms with van der Waals surface area (Å²) in [7, 11) is 0. The molecule has 0 radical (unpaired) electrons. The number of aromatic hydroxyl groups is 1. The number of carboxylic acids is 1. The third kappa shape index (κ3) is 12.7. The molecule has 226 valence electrons. The molecule has 3 rings (SSSR count). The van der Waals surface area contributed by atoms with Gasteiger partial charge in [0.25, 0.3) is 11.9 Å². The van der Waals surface area contributed by atoms with Gasteiger partial charge in [-0.25, -0.2) is 9.69 Å². The van der Waals surface area contributed by atoms with Crippen LogP contribution in [-0.4, -0.2) is 71.2 Å². The Labute approximate surface area is 241 Å². The lowest BCUT2D eigenvalue weighted by molar-refractivity contribution is -0.134. The van der Waals surface area contributed by atoms with E-state index in [4.69, 9.17) is 14.6 Å². The smallest absolute Gasteiger partial charge is 0.329 e. The monoisotopic (exact) mass is 573 g/mol. The summed E-state index contributed by atoms with van der Waals surface area (Å²) < 4.78 is 5.76. The van der Waals surface area contributed by atoms with Gasteiger partial charge < -0.3 is 35.8 Å². The van der Waals surface area contributed by atoms with Gasteiger partial charge in [0.2, 0.25) is 0 Å². The molecule has 1 aliphatic rings. The van der Waals surface area contributed by atoms with Crippen LogP contribution in [0.3, 0.4) is 0 Å². The third-order valence-corrected chi connectivity index (χ3v) is 6.40. The number of hydrogen-bond donors (Lipinski definition) is 6. The number of phenols is 1. The van der Waals surface area contributed by atoms with Crippen LogP contribution in [0, 0.1) is 0 Å². The molecule has 11 heteroatoms. The Morgan fingerprint density at radius 3 is 2.46 bits per heavy atom. The van der Waals surface area contributed by atoms with Crippen LogP contribution >= 0.6 is 0 Å². The fourth-order valence-corrected chi connectivity index (χ4v) is 4.30. The van der Waals surface area contributed by atoms with Crippen LogP contribution in [0.2, 0.25) is 0 Å². The second-order valence-electron chi connectivity index (χ2n) is 9.83. The quantitative estimate of drug-likeness (QED) is 0.123. The maximum atomic E-state index is 11.9. The third-order valence-electron chi connectivity index (χ3n) is 6.40. The number of unbranched alkanes of at least 4 members (excludes halogenated alkanes) is 4. The minimum absolute atomic E-state index is 0.0350.